The van der Waals surface area contributed by atoms with Gasteiger partial charge in [-0.3, -0.25) is 9.78 Å². The molecule has 2 aromatic rings. The molecule has 0 aliphatic rings. The summed E-state index contributed by atoms with van der Waals surface area (Å²) in [6.07, 6.45) is 1.58. The van der Waals surface area contributed by atoms with Gasteiger partial charge in [0.1, 0.15) is 5.69 Å². The molecule has 0 bridgehead atoms. The molecule has 0 aliphatic heterocycles. The molecule has 1 aromatic heterocycles. The first-order chi connectivity index (χ1) is 8.68. The minimum Gasteiger partial charge on any atom is -0.398 e. The van der Waals surface area contributed by atoms with Gasteiger partial charge in [0.05, 0.1) is 5.56 Å². The number of hydrogen-bond acceptors (Lipinski definition) is 3. The van der Waals surface area contributed by atoms with Gasteiger partial charge < -0.3 is 11.5 Å². The predicted octanol–water partition coefficient (Wildman–Crippen LogP) is 1.21. The van der Waals surface area contributed by atoms with Crippen LogP contribution in [0.1, 0.15) is 16.1 Å². The number of rotatable bonds is 2. The Kier molecular flexibility index (Phi) is 3.33. The summed E-state index contributed by atoms with van der Waals surface area (Å²) in [5, 5.41) is 0. The first-order valence-corrected chi connectivity index (χ1v) is 5.33. The number of benzene rings is 1. The van der Waals surface area contributed by atoms with Crippen LogP contribution in [0.15, 0.2) is 53.7 Å². The van der Waals surface area contributed by atoms with Gasteiger partial charge in [0, 0.05) is 11.9 Å². The second-order valence-corrected chi connectivity index (χ2v) is 3.60. The van der Waals surface area contributed by atoms with Crippen molar-refractivity contribution in [2.24, 2.45) is 10.7 Å². The number of carbonyl (C=O) groups excluding carboxylic acids is 1. The van der Waals surface area contributed by atoms with Gasteiger partial charge in [-0.1, -0.05) is 18.2 Å². The van der Waals surface area contributed by atoms with Crippen molar-refractivity contribution in [3.05, 3.63) is 59.9 Å². The molecule has 1 aromatic carbocycles. The first-order valence-electron chi connectivity index (χ1n) is 5.33. The van der Waals surface area contributed by atoms with Gasteiger partial charge in [0.2, 0.25) is 0 Å². The fourth-order valence-electron chi connectivity index (χ4n) is 1.43. The second kappa shape index (κ2) is 5.09. The van der Waals surface area contributed by atoms with Gasteiger partial charge in [-0.15, -0.1) is 0 Å². The van der Waals surface area contributed by atoms with Crippen molar-refractivity contribution in [1.29, 1.82) is 0 Å². The molecule has 1 amide bonds. The molecule has 0 radical (unpaired) electrons. The maximum Gasteiger partial charge on any atom is 0.281 e. The van der Waals surface area contributed by atoms with E-state index in [0.29, 0.717) is 16.9 Å². The van der Waals surface area contributed by atoms with E-state index in [1.807, 2.05) is 0 Å². The minimum absolute atomic E-state index is 0.0730. The van der Waals surface area contributed by atoms with Crippen LogP contribution in [0.3, 0.4) is 0 Å². The molecule has 0 unspecified atom stereocenters. The molecule has 0 saturated heterocycles. The lowest BCUT2D eigenvalue weighted by molar-refractivity contribution is 0.100. The number of aliphatic imine (C=N–C) groups is 1. The minimum atomic E-state index is -0.476. The molecule has 2 rings (SSSR count). The molecule has 0 aliphatic carbocycles. The predicted molar refractivity (Wildman–Crippen MR) is 70.1 cm³/mol. The van der Waals surface area contributed by atoms with Gasteiger partial charge in [-0.2, -0.15) is 4.99 Å². The molecular formula is C13H12N4O. The Labute approximate surface area is 104 Å². The zero-order valence-electron chi connectivity index (χ0n) is 9.58. The smallest absolute Gasteiger partial charge is 0.281 e. The van der Waals surface area contributed by atoms with E-state index < -0.39 is 5.91 Å². The van der Waals surface area contributed by atoms with Crippen LogP contribution >= 0.6 is 0 Å². The maximum absolute atomic E-state index is 11.9. The number of amides is 1. The highest BCUT2D eigenvalue weighted by molar-refractivity contribution is 6.09. The molecule has 0 spiro atoms. The summed E-state index contributed by atoms with van der Waals surface area (Å²) < 4.78 is 0. The number of nitrogens with two attached hydrogens (primary N) is 2. The van der Waals surface area contributed by atoms with Crippen LogP contribution in [0, 0.1) is 0 Å². The zero-order valence-corrected chi connectivity index (χ0v) is 9.58. The Morgan fingerprint density at radius 2 is 1.83 bits per heavy atom. The third-order valence-electron chi connectivity index (χ3n) is 2.34. The van der Waals surface area contributed by atoms with Crippen molar-refractivity contribution < 1.29 is 4.79 Å². The Hall–Kier alpha value is -2.69. The van der Waals surface area contributed by atoms with Crippen molar-refractivity contribution in [3.63, 3.8) is 0 Å². The summed E-state index contributed by atoms with van der Waals surface area (Å²) in [4.78, 5) is 19.7. The van der Waals surface area contributed by atoms with E-state index >= 15 is 0 Å². The fraction of sp³-hybridized carbons (Fsp3) is 0. The summed E-state index contributed by atoms with van der Waals surface area (Å²) in [5.41, 5.74) is 12.6. The molecule has 4 N–H and O–H groups in total. The van der Waals surface area contributed by atoms with Crippen molar-refractivity contribution in [3.8, 4) is 0 Å². The van der Waals surface area contributed by atoms with Crippen LogP contribution in [0.4, 0.5) is 5.69 Å². The molecule has 18 heavy (non-hydrogen) atoms. The van der Waals surface area contributed by atoms with E-state index in [1.165, 1.54) is 0 Å². The standard InChI is InChI=1S/C13H12N4O/c14-10-6-2-1-5-9(10)13(18)17-12(15)11-7-3-4-8-16-11/h1-8H,14H2,(H2,15,17,18). The number of hydrogen-bond donors (Lipinski definition) is 2. The number of nitrogen functional groups attached to an aromatic ring is 1. The summed E-state index contributed by atoms with van der Waals surface area (Å²) in [7, 11) is 0. The quantitative estimate of drug-likeness (QED) is 0.468. The van der Waals surface area contributed by atoms with Crippen LogP contribution in [0.25, 0.3) is 0 Å². The van der Waals surface area contributed by atoms with E-state index in [1.54, 1.807) is 48.7 Å². The summed E-state index contributed by atoms with van der Waals surface area (Å²) in [6.45, 7) is 0. The van der Waals surface area contributed by atoms with Gasteiger partial charge in [0.15, 0.2) is 5.84 Å². The molecule has 1 heterocycles. The second-order valence-electron chi connectivity index (χ2n) is 3.60. The summed E-state index contributed by atoms with van der Waals surface area (Å²) in [6, 6.07) is 11.9. The lowest BCUT2D eigenvalue weighted by Crippen LogP contribution is -2.17. The van der Waals surface area contributed by atoms with E-state index in [4.69, 9.17) is 11.5 Å². The van der Waals surface area contributed by atoms with Gasteiger partial charge in [-0.25, -0.2) is 0 Å². The fourth-order valence-corrected chi connectivity index (χ4v) is 1.43. The normalized spacial score (nSPS) is 11.2. The average Bonchev–Trinajstić information content (AvgIpc) is 2.40. The number of para-hydroxylation sites is 1. The summed E-state index contributed by atoms with van der Waals surface area (Å²) >= 11 is 0. The molecule has 0 atom stereocenters. The molecule has 0 saturated carbocycles. The van der Waals surface area contributed by atoms with Gasteiger partial charge in [0.25, 0.3) is 5.91 Å². The molecule has 90 valence electrons. The summed E-state index contributed by atoms with van der Waals surface area (Å²) in [5.74, 6) is -0.403. The van der Waals surface area contributed by atoms with Crippen LogP contribution in [-0.2, 0) is 0 Å². The molecular weight excluding hydrogens is 228 g/mol. The van der Waals surface area contributed by atoms with Crippen molar-refractivity contribution in [2.45, 2.75) is 0 Å². The largest absolute Gasteiger partial charge is 0.398 e. The van der Waals surface area contributed by atoms with Crippen LogP contribution < -0.4 is 11.5 Å². The van der Waals surface area contributed by atoms with Gasteiger partial charge >= 0.3 is 0 Å². The average molecular weight is 240 g/mol. The third kappa shape index (κ3) is 2.52. The number of carbonyl (C=O) groups is 1. The number of anilines is 1. The zero-order chi connectivity index (χ0) is 13.0. The van der Waals surface area contributed by atoms with Crippen LogP contribution in [-0.4, -0.2) is 16.7 Å². The van der Waals surface area contributed by atoms with E-state index in [9.17, 15) is 4.79 Å². The SMILES string of the molecule is NC(=NC(=O)c1ccccc1N)c1ccccn1. The van der Waals surface area contributed by atoms with E-state index in [-0.39, 0.29) is 5.84 Å². The van der Waals surface area contributed by atoms with Crippen molar-refractivity contribution >= 4 is 17.4 Å². The Morgan fingerprint density at radius 3 is 2.50 bits per heavy atom. The Balaban J connectivity index is 2.29. The third-order valence-corrected chi connectivity index (χ3v) is 2.34. The molecule has 5 nitrogen and oxygen atoms in total. The highest BCUT2D eigenvalue weighted by atomic mass is 16.1. The van der Waals surface area contributed by atoms with Gasteiger partial charge in [-0.05, 0) is 24.3 Å². The Bertz CT molecular complexity index is 593. The monoisotopic (exact) mass is 240 g/mol. The van der Waals surface area contributed by atoms with Crippen molar-refractivity contribution in [2.75, 3.05) is 5.73 Å². The van der Waals surface area contributed by atoms with E-state index in [2.05, 4.69) is 9.98 Å². The van der Waals surface area contributed by atoms with Crippen molar-refractivity contribution in [1.82, 2.24) is 4.98 Å². The molecule has 5 heteroatoms. The lowest BCUT2D eigenvalue weighted by Gasteiger charge is -2.02. The highest BCUT2D eigenvalue weighted by Gasteiger charge is 2.09. The number of aromatic nitrogens is 1. The number of amidine groups is 1. The van der Waals surface area contributed by atoms with Crippen LogP contribution in [0.5, 0.6) is 0 Å². The Morgan fingerprint density at radius 1 is 1.11 bits per heavy atom. The first kappa shape index (κ1) is 11.8. The topological polar surface area (TPSA) is 94.4 Å². The lowest BCUT2D eigenvalue weighted by atomic mass is 10.2. The highest BCUT2D eigenvalue weighted by Crippen LogP contribution is 2.11. The van der Waals surface area contributed by atoms with Crippen LogP contribution in [0.2, 0.25) is 0 Å². The van der Waals surface area contributed by atoms with E-state index in [0.717, 1.165) is 0 Å². The number of pyridine rings is 1. The molecule has 0 fully saturated rings. The maximum atomic E-state index is 11.9. The number of nitrogens with zero attached hydrogens (tertiary/aromatic N) is 2.